The number of hydrogen-bond acceptors (Lipinski definition) is 11. The van der Waals surface area contributed by atoms with E-state index in [0.717, 1.165) is 30.7 Å². The van der Waals surface area contributed by atoms with Crippen molar-refractivity contribution in [1.29, 1.82) is 0 Å². The largest absolute Gasteiger partial charge is 0.494 e. The van der Waals surface area contributed by atoms with Gasteiger partial charge >= 0.3 is 18.0 Å². The second kappa shape index (κ2) is 17.8. The van der Waals surface area contributed by atoms with Gasteiger partial charge in [-0.2, -0.15) is 0 Å². The van der Waals surface area contributed by atoms with Crippen LogP contribution in [-0.4, -0.2) is 123 Å². The Morgan fingerprint density at radius 2 is 1.62 bits per heavy atom. The molecule has 0 bridgehead atoms. The third-order valence-corrected chi connectivity index (χ3v) is 9.39. The van der Waals surface area contributed by atoms with Gasteiger partial charge in [0.05, 0.1) is 48.8 Å². The first kappa shape index (κ1) is 38.7. The number of unbranched alkanes of at least 4 members (excludes halogenated alkanes) is 1. The summed E-state index contributed by atoms with van der Waals surface area (Å²) in [6.45, 7) is 4.25. The second-order valence-corrected chi connectivity index (χ2v) is 12.9. The van der Waals surface area contributed by atoms with Crippen molar-refractivity contribution in [1.82, 2.24) is 19.7 Å². The Bertz CT molecular complexity index is 1950. The van der Waals surface area contributed by atoms with Crippen LogP contribution in [0.1, 0.15) is 40.7 Å². The van der Waals surface area contributed by atoms with Gasteiger partial charge < -0.3 is 35.4 Å². The number of nitrogens with one attached hydrogen (secondary N) is 1. The van der Waals surface area contributed by atoms with Crippen LogP contribution in [0.2, 0.25) is 0 Å². The minimum Gasteiger partial charge on any atom is -0.494 e. The number of ether oxygens (including phenoxy) is 2. The van der Waals surface area contributed by atoms with Gasteiger partial charge in [0, 0.05) is 49.9 Å². The molecule has 4 N–H and O–H groups in total. The predicted molar refractivity (Wildman–Crippen MR) is 203 cm³/mol. The third-order valence-electron chi connectivity index (χ3n) is 9.39. The van der Waals surface area contributed by atoms with E-state index in [4.69, 9.17) is 20.2 Å². The molecular weight excluding hydrogens is 678 g/mol. The topological polar surface area (TPSA) is 172 Å². The maximum absolute atomic E-state index is 14.0. The Morgan fingerprint density at radius 1 is 0.925 bits per heavy atom. The molecule has 0 radical (unpaired) electrons. The monoisotopic (exact) mass is 725 g/mol. The molecule has 4 aromatic rings. The zero-order chi connectivity index (χ0) is 38.1. The number of amides is 2. The van der Waals surface area contributed by atoms with Crippen molar-refractivity contribution in [2.24, 2.45) is 10.7 Å². The van der Waals surface area contributed by atoms with E-state index in [0.29, 0.717) is 54.0 Å². The van der Waals surface area contributed by atoms with Gasteiger partial charge in [-0.1, -0.05) is 36.4 Å². The maximum Gasteiger partial charge on any atom is 0.337 e. The SMILES string of the molecule is COC(=O)c1ccc2c(C(=Nc3ccc(N(C)C(=O)CN4CCN(C)CC4)cc3)c3ccccc3)c(O)n(C(=O)NC(CCCCN)C(=O)OC)c2c1. The van der Waals surface area contributed by atoms with E-state index in [9.17, 15) is 24.3 Å². The Balaban J connectivity index is 1.56. The normalized spacial score (nSPS) is 14.5. The lowest BCUT2D eigenvalue weighted by atomic mass is 10.00. The molecule has 53 heavy (non-hydrogen) atoms. The van der Waals surface area contributed by atoms with Gasteiger partial charge in [-0.3, -0.25) is 9.69 Å². The van der Waals surface area contributed by atoms with Crippen molar-refractivity contribution in [3.05, 3.63) is 89.5 Å². The number of piperazine rings is 1. The van der Waals surface area contributed by atoms with E-state index in [1.165, 1.54) is 26.4 Å². The lowest BCUT2D eigenvalue weighted by Gasteiger charge is -2.32. The highest BCUT2D eigenvalue weighted by Gasteiger charge is 2.29. The lowest BCUT2D eigenvalue weighted by Crippen LogP contribution is -2.48. The predicted octanol–water partition coefficient (Wildman–Crippen LogP) is 3.74. The van der Waals surface area contributed by atoms with Crippen LogP contribution in [0.15, 0.2) is 77.8 Å². The van der Waals surface area contributed by atoms with Crippen molar-refractivity contribution >= 4 is 51.9 Å². The molecule has 1 unspecified atom stereocenters. The molecule has 0 spiro atoms. The summed E-state index contributed by atoms with van der Waals surface area (Å²) in [6.07, 6.45) is 1.45. The van der Waals surface area contributed by atoms with Gasteiger partial charge in [-0.05, 0) is 69.3 Å². The van der Waals surface area contributed by atoms with Crippen molar-refractivity contribution in [3.63, 3.8) is 0 Å². The number of carbonyl (C=O) groups excluding carboxylic acids is 4. The molecule has 1 saturated heterocycles. The standard InChI is InChI=1S/C39H47N7O7/c1-43-20-22-45(23-21-43)25-33(47)44(2)29-16-14-28(15-17-29)41-35(26-10-6-5-7-11-26)34-30-18-13-27(37(49)52-3)24-32(30)46(36(34)48)39(51)42-31(38(50)53-4)12-8-9-19-40/h5-7,10-11,13-18,24,31,48H,8-9,12,19-23,25,40H2,1-4H3,(H,42,51). The molecule has 1 aliphatic rings. The third kappa shape index (κ3) is 9.09. The van der Waals surface area contributed by atoms with Crippen LogP contribution in [0.3, 0.4) is 0 Å². The number of hydrogen-bond donors (Lipinski definition) is 3. The molecule has 280 valence electrons. The van der Waals surface area contributed by atoms with Crippen molar-refractivity contribution < 1.29 is 33.8 Å². The van der Waals surface area contributed by atoms with Crippen LogP contribution < -0.4 is 16.0 Å². The number of aliphatic imine (C=N–C) groups is 1. The number of methoxy groups -OCH3 is 2. The van der Waals surface area contributed by atoms with Gasteiger partial charge in [0.2, 0.25) is 11.8 Å². The number of fused-ring (bicyclic) bond motifs is 1. The van der Waals surface area contributed by atoms with Crippen LogP contribution in [0, 0.1) is 0 Å². The average Bonchev–Trinajstić information content (AvgIpc) is 3.47. The molecule has 0 aliphatic carbocycles. The molecular formula is C39H47N7O7. The summed E-state index contributed by atoms with van der Waals surface area (Å²) in [4.78, 5) is 63.4. The van der Waals surface area contributed by atoms with Crippen LogP contribution in [0.25, 0.3) is 10.9 Å². The van der Waals surface area contributed by atoms with E-state index in [-0.39, 0.29) is 29.0 Å². The fourth-order valence-electron chi connectivity index (χ4n) is 6.24. The van der Waals surface area contributed by atoms with E-state index < -0.39 is 29.9 Å². The summed E-state index contributed by atoms with van der Waals surface area (Å²) < 4.78 is 10.9. The zero-order valence-corrected chi connectivity index (χ0v) is 30.6. The van der Waals surface area contributed by atoms with Crippen LogP contribution in [-0.2, 0) is 19.1 Å². The first-order valence-corrected chi connectivity index (χ1v) is 17.5. The summed E-state index contributed by atoms with van der Waals surface area (Å²) in [5.74, 6) is -1.77. The van der Waals surface area contributed by atoms with E-state index >= 15 is 0 Å². The van der Waals surface area contributed by atoms with Gasteiger partial charge in [-0.15, -0.1) is 0 Å². The Kier molecular flexibility index (Phi) is 13.0. The number of likely N-dealkylation sites (N-methyl/N-ethyl adjacent to an activating group) is 2. The fourth-order valence-corrected chi connectivity index (χ4v) is 6.24. The van der Waals surface area contributed by atoms with Crippen molar-refractivity contribution in [2.45, 2.75) is 25.3 Å². The molecule has 1 atom stereocenters. The molecule has 1 fully saturated rings. The molecule has 14 heteroatoms. The highest BCUT2D eigenvalue weighted by Crippen LogP contribution is 2.36. The highest BCUT2D eigenvalue weighted by atomic mass is 16.5. The number of benzene rings is 3. The summed E-state index contributed by atoms with van der Waals surface area (Å²) >= 11 is 0. The number of aromatic nitrogens is 1. The Labute approximate surface area is 308 Å². The molecule has 0 saturated carbocycles. The van der Waals surface area contributed by atoms with E-state index in [2.05, 4.69) is 22.2 Å². The highest BCUT2D eigenvalue weighted by molar-refractivity contribution is 6.23. The Morgan fingerprint density at radius 3 is 2.26 bits per heavy atom. The number of esters is 2. The maximum atomic E-state index is 14.0. The van der Waals surface area contributed by atoms with Crippen LogP contribution >= 0.6 is 0 Å². The zero-order valence-electron chi connectivity index (χ0n) is 30.6. The van der Waals surface area contributed by atoms with Crippen LogP contribution in [0.4, 0.5) is 16.2 Å². The van der Waals surface area contributed by atoms with Crippen molar-refractivity contribution in [3.8, 4) is 5.88 Å². The molecule has 14 nitrogen and oxygen atoms in total. The smallest absolute Gasteiger partial charge is 0.337 e. The lowest BCUT2D eigenvalue weighted by molar-refractivity contribution is -0.143. The number of rotatable bonds is 13. The van der Waals surface area contributed by atoms with E-state index in [1.807, 2.05) is 30.3 Å². The summed E-state index contributed by atoms with van der Waals surface area (Å²) in [5.41, 5.74) is 8.38. The van der Waals surface area contributed by atoms with Gasteiger partial charge in [0.25, 0.3) is 0 Å². The van der Waals surface area contributed by atoms with Gasteiger partial charge in [-0.25, -0.2) is 23.9 Å². The molecule has 3 aromatic carbocycles. The Hall–Kier alpha value is -5.57. The minimum absolute atomic E-state index is 0.0214. The van der Waals surface area contributed by atoms with E-state index in [1.54, 1.807) is 42.3 Å². The minimum atomic E-state index is -1.02. The summed E-state index contributed by atoms with van der Waals surface area (Å²) in [7, 11) is 6.30. The quantitative estimate of drug-likeness (QED) is 0.105. The summed E-state index contributed by atoms with van der Waals surface area (Å²) in [6, 6.07) is 19.1. The molecule has 2 heterocycles. The number of nitrogens with zero attached hydrogens (tertiary/aromatic N) is 5. The van der Waals surface area contributed by atoms with Gasteiger partial charge in [0.1, 0.15) is 6.04 Å². The average molecular weight is 726 g/mol. The first-order valence-electron chi connectivity index (χ1n) is 17.5. The summed E-state index contributed by atoms with van der Waals surface area (Å²) in [5, 5.41) is 15.1. The number of anilines is 1. The molecule has 1 aliphatic heterocycles. The fraction of sp³-hybridized carbons (Fsp3) is 0.359. The van der Waals surface area contributed by atoms with Crippen LogP contribution in [0.5, 0.6) is 5.88 Å². The number of carbonyl (C=O) groups is 4. The number of aromatic hydroxyl groups is 1. The second-order valence-electron chi connectivity index (χ2n) is 12.9. The number of nitrogens with two attached hydrogens (primary N) is 1. The van der Waals surface area contributed by atoms with Crippen molar-refractivity contribution in [2.75, 3.05) is 72.5 Å². The molecule has 1 aromatic heterocycles. The molecule has 5 rings (SSSR count). The molecule has 2 amide bonds. The van der Waals surface area contributed by atoms with Gasteiger partial charge in [0.15, 0.2) is 0 Å². The first-order chi connectivity index (χ1) is 25.6.